The Labute approximate surface area is 111 Å². The third-order valence-corrected chi connectivity index (χ3v) is 3.82. The number of hydrogen-bond acceptors (Lipinski definition) is 4. The van der Waals surface area contributed by atoms with E-state index in [0.717, 1.165) is 10.2 Å². The fourth-order valence-electron chi connectivity index (χ4n) is 1.37. The minimum atomic E-state index is -0.191. The van der Waals surface area contributed by atoms with Gasteiger partial charge < -0.3 is 11.1 Å². The monoisotopic (exact) mass is 311 g/mol. The number of benzene rings is 1. The molecule has 0 aliphatic heterocycles. The molecule has 88 valence electrons. The summed E-state index contributed by atoms with van der Waals surface area (Å²) in [5.41, 5.74) is 6.93. The number of rotatable bonds is 2. The van der Waals surface area contributed by atoms with Gasteiger partial charge in [-0.2, -0.15) is 0 Å². The summed E-state index contributed by atoms with van der Waals surface area (Å²) in [5.74, 6) is -0.191. The lowest BCUT2D eigenvalue weighted by atomic mass is 10.3. The zero-order valence-electron chi connectivity index (χ0n) is 9.03. The summed E-state index contributed by atoms with van der Waals surface area (Å²) in [5, 5.41) is 3.21. The molecule has 1 heterocycles. The van der Waals surface area contributed by atoms with Gasteiger partial charge in [0.05, 0.1) is 11.4 Å². The van der Waals surface area contributed by atoms with Crippen LogP contribution in [-0.2, 0) is 0 Å². The first kappa shape index (κ1) is 12.1. The van der Waals surface area contributed by atoms with Crippen LogP contribution in [0.2, 0.25) is 0 Å². The molecule has 3 N–H and O–H groups in total. The number of aryl methyl sites for hydroxylation is 1. The second-order valence-corrected chi connectivity index (χ2v) is 5.29. The van der Waals surface area contributed by atoms with Gasteiger partial charge in [-0.15, -0.1) is 0 Å². The number of hydrogen-bond donors (Lipinski definition) is 2. The molecule has 1 aromatic carbocycles. The molecule has 0 saturated heterocycles. The van der Waals surface area contributed by atoms with Crippen LogP contribution in [0.15, 0.2) is 28.7 Å². The van der Waals surface area contributed by atoms with E-state index < -0.39 is 0 Å². The van der Waals surface area contributed by atoms with Gasteiger partial charge in [0.15, 0.2) is 5.13 Å². The highest BCUT2D eigenvalue weighted by Gasteiger charge is 2.14. The van der Waals surface area contributed by atoms with Gasteiger partial charge in [-0.1, -0.05) is 23.5 Å². The van der Waals surface area contributed by atoms with Crippen LogP contribution in [0, 0.1) is 6.92 Å². The van der Waals surface area contributed by atoms with Crippen molar-refractivity contribution in [2.45, 2.75) is 6.92 Å². The number of halogens is 1. The van der Waals surface area contributed by atoms with E-state index in [-0.39, 0.29) is 5.91 Å². The Hall–Kier alpha value is -1.40. The minimum absolute atomic E-state index is 0.191. The lowest BCUT2D eigenvalue weighted by Gasteiger charge is -2.05. The van der Waals surface area contributed by atoms with Crippen LogP contribution in [0.4, 0.5) is 10.8 Å². The summed E-state index contributed by atoms with van der Waals surface area (Å²) in [6, 6.07) is 7.43. The van der Waals surface area contributed by atoms with Crippen molar-refractivity contribution in [2.75, 3.05) is 11.1 Å². The molecule has 17 heavy (non-hydrogen) atoms. The Morgan fingerprint density at radius 3 is 2.76 bits per heavy atom. The second kappa shape index (κ2) is 4.85. The highest BCUT2D eigenvalue weighted by atomic mass is 79.9. The number of thiazole rings is 1. The molecule has 2 aromatic rings. The van der Waals surface area contributed by atoms with Crippen molar-refractivity contribution >= 4 is 44.0 Å². The van der Waals surface area contributed by atoms with Crippen molar-refractivity contribution < 1.29 is 4.79 Å². The smallest absolute Gasteiger partial charge is 0.267 e. The Balaban J connectivity index is 2.23. The predicted molar refractivity (Wildman–Crippen MR) is 73.4 cm³/mol. The Morgan fingerprint density at radius 2 is 2.18 bits per heavy atom. The molecule has 6 heteroatoms. The standard InChI is InChI=1S/C11H10BrN3OS/c1-6-9(17-11(13)14-6)10(16)15-8-5-3-2-4-7(8)12/h2-5H,1H3,(H2,13,14)(H,15,16). The molecule has 0 fully saturated rings. The number of para-hydroxylation sites is 1. The molecule has 0 saturated carbocycles. The Bertz CT molecular complexity index is 568. The molecule has 0 aliphatic carbocycles. The summed E-state index contributed by atoms with van der Waals surface area (Å²) in [7, 11) is 0. The van der Waals surface area contributed by atoms with Gasteiger partial charge in [-0.25, -0.2) is 4.98 Å². The largest absolute Gasteiger partial charge is 0.375 e. The van der Waals surface area contributed by atoms with Crippen molar-refractivity contribution in [3.63, 3.8) is 0 Å². The van der Waals surface area contributed by atoms with E-state index in [1.807, 2.05) is 24.3 Å². The molecule has 1 aromatic heterocycles. The molecule has 0 unspecified atom stereocenters. The number of carbonyl (C=O) groups excluding carboxylic acids is 1. The van der Waals surface area contributed by atoms with E-state index >= 15 is 0 Å². The summed E-state index contributed by atoms with van der Waals surface area (Å²) in [6.07, 6.45) is 0. The number of nitrogen functional groups attached to an aromatic ring is 1. The number of amides is 1. The molecule has 0 atom stereocenters. The number of carbonyl (C=O) groups is 1. The highest BCUT2D eigenvalue weighted by molar-refractivity contribution is 9.10. The quantitative estimate of drug-likeness (QED) is 0.895. The second-order valence-electron chi connectivity index (χ2n) is 3.40. The molecule has 0 aliphatic rings. The fraction of sp³-hybridized carbons (Fsp3) is 0.0909. The first-order valence-electron chi connectivity index (χ1n) is 4.86. The summed E-state index contributed by atoms with van der Waals surface area (Å²) in [6.45, 7) is 1.77. The normalized spacial score (nSPS) is 10.2. The average molecular weight is 312 g/mol. The van der Waals surface area contributed by atoms with Crippen LogP contribution in [0.25, 0.3) is 0 Å². The lowest BCUT2D eigenvalue weighted by molar-refractivity contribution is 0.102. The maximum atomic E-state index is 12.0. The molecule has 0 bridgehead atoms. The summed E-state index contributed by atoms with van der Waals surface area (Å²) >= 11 is 4.56. The zero-order valence-corrected chi connectivity index (χ0v) is 11.4. The van der Waals surface area contributed by atoms with Crippen molar-refractivity contribution in [2.24, 2.45) is 0 Å². The van der Waals surface area contributed by atoms with Crippen molar-refractivity contribution in [3.8, 4) is 0 Å². The maximum Gasteiger partial charge on any atom is 0.267 e. The van der Waals surface area contributed by atoms with Crippen molar-refractivity contribution in [1.29, 1.82) is 0 Å². The zero-order chi connectivity index (χ0) is 12.4. The third kappa shape index (κ3) is 2.65. The van der Waals surface area contributed by atoms with Crippen LogP contribution < -0.4 is 11.1 Å². The number of nitrogens with one attached hydrogen (secondary N) is 1. The number of nitrogens with two attached hydrogens (primary N) is 1. The number of nitrogens with zero attached hydrogens (tertiary/aromatic N) is 1. The van der Waals surface area contributed by atoms with E-state index in [1.165, 1.54) is 11.3 Å². The van der Waals surface area contributed by atoms with E-state index in [1.54, 1.807) is 6.92 Å². The van der Waals surface area contributed by atoms with Crippen LogP contribution in [0.5, 0.6) is 0 Å². The third-order valence-electron chi connectivity index (χ3n) is 2.14. The molecule has 0 spiro atoms. The average Bonchev–Trinajstić information content (AvgIpc) is 2.61. The predicted octanol–water partition coefficient (Wildman–Crippen LogP) is 3.05. The Morgan fingerprint density at radius 1 is 1.47 bits per heavy atom. The summed E-state index contributed by atoms with van der Waals surface area (Å²) in [4.78, 5) is 16.5. The van der Waals surface area contributed by atoms with Gasteiger partial charge in [0, 0.05) is 4.47 Å². The Kier molecular flexibility index (Phi) is 3.44. The van der Waals surface area contributed by atoms with Gasteiger partial charge in [0.1, 0.15) is 4.88 Å². The van der Waals surface area contributed by atoms with Crippen molar-refractivity contribution in [3.05, 3.63) is 39.3 Å². The molecule has 1 amide bonds. The van der Waals surface area contributed by atoms with Gasteiger partial charge in [0.2, 0.25) is 0 Å². The van der Waals surface area contributed by atoms with E-state index in [0.29, 0.717) is 15.7 Å². The van der Waals surface area contributed by atoms with Crippen molar-refractivity contribution in [1.82, 2.24) is 4.98 Å². The lowest BCUT2D eigenvalue weighted by Crippen LogP contribution is -2.11. The molecule has 0 radical (unpaired) electrons. The highest BCUT2D eigenvalue weighted by Crippen LogP contribution is 2.24. The van der Waals surface area contributed by atoms with E-state index in [9.17, 15) is 4.79 Å². The van der Waals surface area contributed by atoms with Gasteiger partial charge in [0.25, 0.3) is 5.91 Å². The molecular formula is C11H10BrN3OS. The number of aromatic nitrogens is 1. The molecule has 2 rings (SSSR count). The van der Waals surface area contributed by atoms with Crippen LogP contribution >= 0.6 is 27.3 Å². The first-order valence-corrected chi connectivity index (χ1v) is 6.47. The van der Waals surface area contributed by atoms with E-state index in [4.69, 9.17) is 5.73 Å². The van der Waals surface area contributed by atoms with Crippen LogP contribution in [0.3, 0.4) is 0 Å². The SMILES string of the molecule is Cc1nc(N)sc1C(=O)Nc1ccccc1Br. The van der Waals surface area contributed by atoms with Crippen LogP contribution in [0.1, 0.15) is 15.4 Å². The molecular weight excluding hydrogens is 302 g/mol. The fourth-order valence-corrected chi connectivity index (χ4v) is 2.48. The minimum Gasteiger partial charge on any atom is -0.375 e. The van der Waals surface area contributed by atoms with Gasteiger partial charge >= 0.3 is 0 Å². The van der Waals surface area contributed by atoms with Gasteiger partial charge in [-0.05, 0) is 35.0 Å². The topological polar surface area (TPSA) is 68.0 Å². The first-order chi connectivity index (χ1) is 8.08. The maximum absolute atomic E-state index is 12.0. The van der Waals surface area contributed by atoms with Crippen LogP contribution in [-0.4, -0.2) is 10.9 Å². The summed E-state index contributed by atoms with van der Waals surface area (Å²) < 4.78 is 0.837. The molecule has 4 nitrogen and oxygen atoms in total. The van der Waals surface area contributed by atoms with E-state index in [2.05, 4.69) is 26.2 Å². The van der Waals surface area contributed by atoms with Gasteiger partial charge in [-0.3, -0.25) is 4.79 Å². The number of anilines is 2.